The number of carbonyl (C=O) groups excluding carboxylic acids is 1. The highest BCUT2D eigenvalue weighted by Crippen LogP contribution is 2.37. The van der Waals surface area contributed by atoms with Crippen molar-refractivity contribution in [2.45, 2.75) is 13.2 Å². The average molecular weight is 317 g/mol. The number of aromatic hydroxyl groups is 1. The van der Waals surface area contributed by atoms with E-state index < -0.39 is 6.09 Å². The van der Waals surface area contributed by atoms with Crippen LogP contribution in [0.1, 0.15) is 11.1 Å². The molecule has 0 aliphatic rings. The van der Waals surface area contributed by atoms with Gasteiger partial charge in [0.15, 0.2) is 11.5 Å². The van der Waals surface area contributed by atoms with E-state index in [1.54, 1.807) is 6.07 Å². The molecule has 0 aliphatic carbocycles. The largest absolute Gasteiger partial charge is 0.504 e. The van der Waals surface area contributed by atoms with Gasteiger partial charge in [0.05, 0.1) is 14.2 Å². The molecular weight excluding hydrogens is 298 g/mol. The van der Waals surface area contributed by atoms with Gasteiger partial charge in [-0.3, -0.25) is 0 Å². The fourth-order valence-corrected chi connectivity index (χ4v) is 2.05. The first-order chi connectivity index (χ1) is 11.1. The average Bonchev–Trinajstić information content (AvgIpc) is 2.58. The molecule has 0 aliphatic heterocycles. The van der Waals surface area contributed by atoms with Crippen LogP contribution in [0.5, 0.6) is 17.2 Å². The second-order valence-electron chi connectivity index (χ2n) is 4.77. The highest BCUT2D eigenvalue weighted by atomic mass is 16.5. The Bertz CT molecular complexity index is 658. The minimum Gasteiger partial charge on any atom is -0.504 e. The van der Waals surface area contributed by atoms with Gasteiger partial charge in [-0.25, -0.2) is 4.79 Å². The van der Waals surface area contributed by atoms with Crippen LogP contribution < -0.4 is 14.8 Å². The van der Waals surface area contributed by atoms with Gasteiger partial charge >= 0.3 is 6.09 Å². The highest BCUT2D eigenvalue weighted by molar-refractivity contribution is 5.67. The van der Waals surface area contributed by atoms with Gasteiger partial charge in [-0.1, -0.05) is 30.3 Å². The highest BCUT2D eigenvalue weighted by Gasteiger charge is 2.12. The Morgan fingerprint density at radius 2 is 1.83 bits per heavy atom. The van der Waals surface area contributed by atoms with Crippen molar-refractivity contribution < 1.29 is 24.1 Å². The predicted octanol–water partition coefficient (Wildman–Crippen LogP) is 2.84. The van der Waals surface area contributed by atoms with E-state index in [1.165, 1.54) is 20.3 Å². The maximum atomic E-state index is 11.7. The maximum absolute atomic E-state index is 11.7. The Labute approximate surface area is 134 Å². The Morgan fingerprint density at radius 1 is 1.09 bits per heavy atom. The van der Waals surface area contributed by atoms with Crippen molar-refractivity contribution in [3.8, 4) is 17.2 Å². The molecule has 2 aromatic rings. The lowest BCUT2D eigenvalue weighted by atomic mass is 10.2. The molecule has 2 rings (SSSR count). The fraction of sp³-hybridized carbons (Fsp3) is 0.235. The first-order valence-corrected chi connectivity index (χ1v) is 7.02. The lowest BCUT2D eigenvalue weighted by Crippen LogP contribution is -2.23. The van der Waals surface area contributed by atoms with Crippen molar-refractivity contribution in [2.24, 2.45) is 0 Å². The van der Waals surface area contributed by atoms with Gasteiger partial charge in [-0.05, 0) is 23.3 Å². The molecule has 0 saturated heterocycles. The zero-order valence-corrected chi connectivity index (χ0v) is 13.0. The smallest absolute Gasteiger partial charge is 0.407 e. The van der Waals surface area contributed by atoms with Crippen molar-refractivity contribution in [3.63, 3.8) is 0 Å². The van der Waals surface area contributed by atoms with E-state index >= 15 is 0 Å². The quantitative estimate of drug-likeness (QED) is 0.856. The number of nitrogens with one attached hydrogen (secondary N) is 1. The molecule has 0 unspecified atom stereocenters. The van der Waals surface area contributed by atoms with Gasteiger partial charge in [0.2, 0.25) is 5.75 Å². The third-order valence-corrected chi connectivity index (χ3v) is 3.17. The van der Waals surface area contributed by atoms with Crippen molar-refractivity contribution in [3.05, 3.63) is 53.6 Å². The number of phenolic OH excluding ortho intramolecular Hbond substituents is 1. The summed E-state index contributed by atoms with van der Waals surface area (Å²) in [7, 11) is 2.92. The summed E-state index contributed by atoms with van der Waals surface area (Å²) in [6.45, 7) is 0.394. The molecule has 2 aromatic carbocycles. The first-order valence-electron chi connectivity index (χ1n) is 7.02. The summed E-state index contributed by atoms with van der Waals surface area (Å²) in [5, 5.41) is 12.5. The minimum absolute atomic E-state index is 0.0543. The number of alkyl carbamates (subject to hydrolysis) is 1. The number of hydrogen-bond donors (Lipinski definition) is 2. The first kappa shape index (κ1) is 16.5. The SMILES string of the molecule is COc1cc(CNC(=O)OCc2ccccc2)cc(O)c1OC. The van der Waals surface area contributed by atoms with Gasteiger partial charge in [-0.2, -0.15) is 0 Å². The van der Waals surface area contributed by atoms with Crippen LogP contribution in [0.3, 0.4) is 0 Å². The number of methoxy groups -OCH3 is 2. The van der Waals surface area contributed by atoms with E-state index in [0.717, 1.165) is 5.56 Å². The van der Waals surface area contributed by atoms with E-state index in [-0.39, 0.29) is 24.7 Å². The van der Waals surface area contributed by atoms with Crippen LogP contribution in [0.25, 0.3) is 0 Å². The Hall–Kier alpha value is -2.89. The molecule has 1 amide bonds. The third kappa shape index (κ3) is 4.54. The van der Waals surface area contributed by atoms with Gasteiger partial charge in [-0.15, -0.1) is 0 Å². The molecule has 6 heteroatoms. The summed E-state index contributed by atoms with van der Waals surface area (Å²) >= 11 is 0. The fourth-order valence-electron chi connectivity index (χ4n) is 2.05. The van der Waals surface area contributed by atoms with Gasteiger partial charge in [0, 0.05) is 6.54 Å². The summed E-state index contributed by atoms with van der Waals surface area (Å²) < 4.78 is 15.3. The van der Waals surface area contributed by atoms with E-state index in [4.69, 9.17) is 14.2 Å². The number of carbonyl (C=O) groups is 1. The molecule has 0 fully saturated rings. The van der Waals surface area contributed by atoms with Crippen molar-refractivity contribution >= 4 is 6.09 Å². The third-order valence-electron chi connectivity index (χ3n) is 3.17. The van der Waals surface area contributed by atoms with E-state index in [2.05, 4.69) is 5.32 Å². The molecule has 6 nitrogen and oxygen atoms in total. The number of phenols is 1. The number of rotatable bonds is 6. The van der Waals surface area contributed by atoms with Gasteiger partial charge in [0.25, 0.3) is 0 Å². The zero-order chi connectivity index (χ0) is 16.7. The molecule has 0 saturated carbocycles. The summed E-state index contributed by atoms with van der Waals surface area (Å²) in [6.07, 6.45) is -0.539. The second kappa shape index (κ2) is 7.93. The number of ether oxygens (including phenoxy) is 3. The van der Waals surface area contributed by atoms with Gasteiger partial charge < -0.3 is 24.6 Å². The van der Waals surface area contributed by atoms with E-state index in [0.29, 0.717) is 11.3 Å². The zero-order valence-electron chi connectivity index (χ0n) is 13.0. The van der Waals surface area contributed by atoms with Crippen LogP contribution in [0.15, 0.2) is 42.5 Å². The maximum Gasteiger partial charge on any atom is 0.407 e. The summed E-state index contributed by atoms with van der Waals surface area (Å²) in [5.41, 5.74) is 1.57. The normalized spacial score (nSPS) is 10.0. The van der Waals surface area contributed by atoms with Crippen LogP contribution in [0, 0.1) is 0 Å². The predicted molar refractivity (Wildman–Crippen MR) is 84.7 cm³/mol. The lowest BCUT2D eigenvalue weighted by Gasteiger charge is -2.12. The lowest BCUT2D eigenvalue weighted by molar-refractivity contribution is 0.139. The Balaban J connectivity index is 1.90. The number of amides is 1. The monoisotopic (exact) mass is 317 g/mol. The van der Waals surface area contributed by atoms with Crippen LogP contribution in [-0.2, 0) is 17.9 Å². The Morgan fingerprint density at radius 3 is 2.48 bits per heavy atom. The second-order valence-corrected chi connectivity index (χ2v) is 4.77. The molecule has 0 spiro atoms. The Kier molecular flexibility index (Phi) is 5.68. The summed E-state index contributed by atoms with van der Waals surface area (Å²) in [6, 6.07) is 12.6. The van der Waals surface area contributed by atoms with Gasteiger partial charge in [0.1, 0.15) is 6.61 Å². The number of benzene rings is 2. The molecule has 0 radical (unpaired) electrons. The van der Waals surface area contributed by atoms with E-state index in [1.807, 2.05) is 30.3 Å². The van der Waals surface area contributed by atoms with Crippen LogP contribution in [-0.4, -0.2) is 25.4 Å². The van der Waals surface area contributed by atoms with Crippen LogP contribution >= 0.6 is 0 Å². The van der Waals surface area contributed by atoms with Crippen molar-refractivity contribution in [2.75, 3.05) is 14.2 Å². The molecule has 0 bridgehead atoms. The molecule has 23 heavy (non-hydrogen) atoms. The standard InChI is InChI=1S/C17H19NO5/c1-21-15-9-13(8-14(19)16(15)22-2)10-18-17(20)23-11-12-6-4-3-5-7-12/h3-9,19H,10-11H2,1-2H3,(H,18,20). The topological polar surface area (TPSA) is 77.0 Å². The van der Waals surface area contributed by atoms with Crippen LogP contribution in [0.2, 0.25) is 0 Å². The molecular formula is C17H19NO5. The minimum atomic E-state index is -0.539. The summed E-state index contributed by atoms with van der Waals surface area (Å²) in [5.74, 6) is 0.589. The molecule has 0 aromatic heterocycles. The molecule has 122 valence electrons. The summed E-state index contributed by atoms with van der Waals surface area (Å²) in [4.78, 5) is 11.7. The van der Waals surface area contributed by atoms with E-state index in [9.17, 15) is 9.90 Å². The molecule has 0 atom stereocenters. The van der Waals surface area contributed by atoms with Crippen molar-refractivity contribution in [1.29, 1.82) is 0 Å². The van der Waals surface area contributed by atoms with Crippen LogP contribution in [0.4, 0.5) is 4.79 Å². The molecule has 2 N–H and O–H groups in total. The number of hydrogen-bond acceptors (Lipinski definition) is 5. The van der Waals surface area contributed by atoms with Crippen molar-refractivity contribution in [1.82, 2.24) is 5.32 Å². The molecule has 0 heterocycles.